The highest BCUT2D eigenvalue weighted by Gasteiger charge is 2.36. The smallest absolute Gasteiger partial charge is 0.197 e. The molecular formula is C16H25N5O2. The van der Waals surface area contributed by atoms with Crippen molar-refractivity contribution < 1.29 is 9.15 Å². The fourth-order valence-electron chi connectivity index (χ4n) is 3.01. The van der Waals surface area contributed by atoms with Crippen molar-refractivity contribution in [3.63, 3.8) is 0 Å². The Bertz CT molecular complexity index is 663. The molecule has 0 unspecified atom stereocenters. The molecule has 7 nitrogen and oxygen atoms in total. The number of nitrogens with one attached hydrogen (secondary N) is 1. The third kappa shape index (κ3) is 3.30. The van der Waals surface area contributed by atoms with E-state index in [1.165, 1.54) is 0 Å². The second-order valence-corrected chi connectivity index (χ2v) is 6.53. The van der Waals surface area contributed by atoms with Gasteiger partial charge in [0.15, 0.2) is 11.7 Å². The second kappa shape index (κ2) is 6.41. The first-order valence-corrected chi connectivity index (χ1v) is 8.09. The van der Waals surface area contributed by atoms with E-state index in [-0.39, 0.29) is 12.1 Å². The molecule has 0 bridgehead atoms. The minimum absolute atomic E-state index is 0.136. The molecule has 2 atom stereocenters. The average molecular weight is 319 g/mol. The van der Waals surface area contributed by atoms with Gasteiger partial charge in [-0.1, -0.05) is 13.8 Å². The van der Waals surface area contributed by atoms with Gasteiger partial charge in [-0.15, -0.1) is 0 Å². The van der Waals surface area contributed by atoms with Crippen molar-refractivity contribution in [1.82, 2.24) is 25.1 Å². The third-order valence-electron chi connectivity index (χ3n) is 4.36. The number of hydrogen-bond donors (Lipinski definition) is 1. The molecule has 23 heavy (non-hydrogen) atoms. The van der Waals surface area contributed by atoms with Gasteiger partial charge in [0.25, 0.3) is 0 Å². The predicted molar refractivity (Wildman–Crippen MR) is 85.0 cm³/mol. The molecule has 0 aromatic carbocycles. The lowest BCUT2D eigenvalue weighted by Crippen LogP contribution is -2.25. The standard InChI is InChI=1S/C16H25N5O2/c1-9(2)16-17-10(3)14(23-16)8-21-7-12(22-5)6-13(21)15-18-11(4)19-20-15/h9,12-13H,6-8H2,1-5H3,(H,18,19,20)/t12-,13+/m1/s1. The zero-order valence-electron chi connectivity index (χ0n) is 14.5. The van der Waals surface area contributed by atoms with E-state index in [0.29, 0.717) is 12.5 Å². The van der Waals surface area contributed by atoms with Crippen LogP contribution in [0, 0.1) is 13.8 Å². The van der Waals surface area contributed by atoms with Crippen LogP contribution in [0.3, 0.4) is 0 Å². The SMILES string of the molecule is CO[C@@H]1C[C@@H](c2n[nH]c(C)n2)N(Cc2oc(C(C)C)nc2C)C1. The van der Waals surface area contributed by atoms with Crippen LogP contribution in [-0.4, -0.2) is 44.8 Å². The molecule has 0 amide bonds. The maximum atomic E-state index is 5.95. The van der Waals surface area contributed by atoms with Crippen LogP contribution < -0.4 is 0 Å². The van der Waals surface area contributed by atoms with Crippen molar-refractivity contribution in [3.05, 3.63) is 29.0 Å². The molecule has 1 aliphatic rings. The van der Waals surface area contributed by atoms with Gasteiger partial charge in [-0.2, -0.15) is 5.10 Å². The summed E-state index contributed by atoms with van der Waals surface area (Å²) in [6.45, 7) is 9.63. The highest BCUT2D eigenvalue weighted by molar-refractivity contribution is 5.11. The first-order chi connectivity index (χ1) is 11.0. The molecule has 7 heteroatoms. The molecule has 1 aliphatic heterocycles. The van der Waals surface area contributed by atoms with E-state index in [1.54, 1.807) is 7.11 Å². The van der Waals surface area contributed by atoms with Crippen LogP contribution in [0.2, 0.25) is 0 Å². The zero-order valence-corrected chi connectivity index (χ0v) is 14.5. The van der Waals surface area contributed by atoms with E-state index in [2.05, 4.69) is 38.9 Å². The summed E-state index contributed by atoms with van der Waals surface area (Å²) in [6.07, 6.45) is 1.07. The Morgan fingerprint density at radius 1 is 1.35 bits per heavy atom. The summed E-state index contributed by atoms with van der Waals surface area (Å²) in [7, 11) is 1.75. The van der Waals surface area contributed by atoms with E-state index in [4.69, 9.17) is 9.15 Å². The molecule has 3 rings (SSSR count). The van der Waals surface area contributed by atoms with Crippen LogP contribution >= 0.6 is 0 Å². The number of oxazole rings is 1. The fourth-order valence-corrected chi connectivity index (χ4v) is 3.01. The summed E-state index contributed by atoms with van der Waals surface area (Å²) in [5.41, 5.74) is 0.958. The van der Waals surface area contributed by atoms with Crippen LogP contribution in [0.4, 0.5) is 0 Å². The number of rotatable bonds is 5. The molecule has 1 saturated heterocycles. The molecule has 1 fully saturated rings. The molecule has 0 radical (unpaired) electrons. The molecule has 0 saturated carbocycles. The lowest BCUT2D eigenvalue weighted by molar-refractivity contribution is 0.106. The monoisotopic (exact) mass is 319 g/mol. The van der Waals surface area contributed by atoms with Crippen molar-refractivity contribution in [1.29, 1.82) is 0 Å². The van der Waals surface area contributed by atoms with Gasteiger partial charge >= 0.3 is 0 Å². The summed E-state index contributed by atoms with van der Waals surface area (Å²) in [6, 6.07) is 0.136. The third-order valence-corrected chi connectivity index (χ3v) is 4.36. The van der Waals surface area contributed by atoms with Gasteiger partial charge in [0.05, 0.1) is 24.4 Å². The minimum atomic E-state index is 0.136. The van der Waals surface area contributed by atoms with Crippen molar-refractivity contribution in [2.24, 2.45) is 0 Å². The zero-order chi connectivity index (χ0) is 16.6. The number of methoxy groups -OCH3 is 1. The highest BCUT2D eigenvalue weighted by Crippen LogP contribution is 2.33. The van der Waals surface area contributed by atoms with Gasteiger partial charge in [-0.05, 0) is 20.3 Å². The van der Waals surface area contributed by atoms with Crippen molar-refractivity contribution in [2.75, 3.05) is 13.7 Å². The normalized spacial score (nSPS) is 22.3. The predicted octanol–water partition coefficient (Wildman–Crippen LogP) is 2.49. The first-order valence-electron chi connectivity index (χ1n) is 8.09. The average Bonchev–Trinajstić information content (AvgIpc) is 3.19. The number of H-pyrrole nitrogens is 1. The summed E-state index contributed by atoms with van der Waals surface area (Å²) in [5, 5.41) is 7.26. The maximum absolute atomic E-state index is 5.95. The van der Waals surface area contributed by atoms with E-state index < -0.39 is 0 Å². The minimum Gasteiger partial charge on any atom is -0.444 e. The van der Waals surface area contributed by atoms with E-state index in [9.17, 15) is 0 Å². The molecule has 0 spiro atoms. The largest absolute Gasteiger partial charge is 0.444 e. The first kappa shape index (κ1) is 16.1. The molecule has 126 valence electrons. The fraction of sp³-hybridized carbons (Fsp3) is 0.688. The van der Waals surface area contributed by atoms with Crippen LogP contribution in [0.1, 0.15) is 61.2 Å². The Labute approximate surface area is 136 Å². The van der Waals surface area contributed by atoms with Crippen LogP contribution in [-0.2, 0) is 11.3 Å². The lowest BCUT2D eigenvalue weighted by atomic mass is 10.2. The number of aromatic nitrogens is 4. The van der Waals surface area contributed by atoms with Crippen molar-refractivity contribution in [2.45, 2.75) is 58.7 Å². The number of likely N-dealkylation sites (tertiary alicyclic amines) is 1. The van der Waals surface area contributed by atoms with Crippen molar-refractivity contribution in [3.8, 4) is 0 Å². The number of aryl methyl sites for hydroxylation is 2. The Kier molecular flexibility index (Phi) is 4.50. The van der Waals surface area contributed by atoms with Crippen LogP contribution in [0.15, 0.2) is 4.42 Å². The van der Waals surface area contributed by atoms with Crippen molar-refractivity contribution >= 4 is 0 Å². The highest BCUT2D eigenvalue weighted by atomic mass is 16.5. The van der Waals surface area contributed by atoms with E-state index in [0.717, 1.165) is 42.0 Å². The Hall–Kier alpha value is -1.73. The Morgan fingerprint density at radius 2 is 2.13 bits per heavy atom. The molecule has 2 aromatic rings. The van der Waals surface area contributed by atoms with Gasteiger partial charge in [-0.3, -0.25) is 10.00 Å². The van der Waals surface area contributed by atoms with E-state index >= 15 is 0 Å². The summed E-state index contributed by atoms with van der Waals surface area (Å²) in [5.74, 6) is 3.66. The van der Waals surface area contributed by atoms with Gasteiger partial charge in [0.2, 0.25) is 0 Å². The Balaban J connectivity index is 1.81. The summed E-state index contributed by atoms with van der Waals surface area (Å²) >= 11 is 0. The van der Waals surface area contributed by atoms with Gasteiger partial charge < -0.3 is 9.15 Å². The number of aromatic amines is 1. The van der Waals surface area contributed by atoms with Crippen LogP contribution in [0.25, 0.3) is 0 Å². The lowest BCUT2D eigenvalue weighted by Gasteiger charge is -2.20. The quantitative estimate of drug-likeness (QED) is 0.912. The second-order valence-electron chi connectivity index (χ2n) is 6.53. The van der Waals surface area contributed by atoms with Gasteiger partial charge in [-0.25, -0.2) is 9.97 Å². The van der Waals surface area contributed by atoms with Gasteiger partial charge in [0, 0.05) is 19.6 Å². The molecule has 0 aliphatic carbocycles. The summed E-state index contributed by atoms with van der Waals surface area (Å²) in [4.78, 5) is 11.3. The Morgan fingerprint density at radius 3 is 2.70 bits per heavy atom. The van der Waals surface area contributed by atoms with E-state index in [1.807, 2.05) is 13.8 Å². The molecular weight excluding hydrogens is 294 g/mol. The number of hydrogen-bond acceptors (Lipinski definition) is 6. The summed E-state index contributed by atoms with van der Waals surface area (Å²) < 4.78 is 11.5. The topological polar surface area (TPSA) is 80.1 Å². The molecule has 3 heterocycles. The van der Waals surface area contributed by atoms with Gasteiger partial charge in [0.1, 0.15) is 11.6 Å². The molecule has 1 N–H and O–H groups in total. The number of nitrogens with zero attached hydrogens (tertiary/aromatic N) is 4. The number of ether oxygens (including phenoxy) is 1. The maximum Gasteiger partial charge on any atom is 0.197 e. The van der Waals surface area contributed by atoms with Crippen LogP contribution in [0.5, 0.6) is 0 Å². The molecule has 2 aromatic heterocycles.